The summed E-state index contributed by atoms with van der Waals surface area (Å²) >= 11 is 0. The molecule has 0 aliphatic rings. The van der Waals surface area contributed by atoms with Crippen LogP contribution in [-0.4, -0.2) is 23.6 Å². The van der Waals surface area contributed by atoms with Gasteiger partial charge in [0.1, 0.15) is 17.7 Å². The number of rotatable bonds is 4. The highest BCUT2D eigenvalue weighted by Gasteiger charge is 2.35. The van der Waals surface area contributed by atoms with Gasteiger partial charge in [0.25, 0.3) is 0 Å². The average molecular weight is 345 g/mol. The minimum absolute atomic E-state index is 0.0328. The number of halogens is 3. The van der Waals surface area contributed by atoms with Gasteiger partial charge in [0.05, 0.1) is 15.8 Å². The summed E-state index contributed by atoms with van der Waals surface area (Å²) in [6.45, 7) is 3.00. The van der Waals surface area contributed by atoms with E-state index in [0.29, 0.717) is 6.20 Å². The number of hydrogen-bond acceptors (Lipinski definition) is 5. The molecule has 0 saturated carbocycles. The number of hydrogen-bond donors (Lipinski definition) is 1. The second-order valence-electron chi connectivity index (χ2n) is 5.00. The highest BCUT2D eigenvalue weighted by molar-refractivity contribution is 7.92. The number of para-hydroxylation sites is 1. The van der Waals surface area contributed by atoms with Crippen molar-refractivity contribution in [3.05, 3.63) is 42.4 Å². The average Bonchev–Trinajstić information content (AvgIpc) is 2.47. The van der Waals surface area contributed by atoms with Crippen LogP contribution in [0.1, 0.15) is 19.4 Å². The Kier molecular flexibility index (Phi) is 4.60. The Labute approximate surface area is 131 Å². The van der Waals surface area contributed by atoms with Crippen molar-refractivity contribution in [2.24, 2.45) is 0 Å². The maximum atomic E-state index is 13.0. The van der Waals surface area contributed by atoms with E-state index in [1.165, 1.54) is 38.1 Å². The lowest BCUT2D eigenvalue weighted by Crippen LogP contribution is -2.16. The molecule has 0 radical (unpaired) electrons. The second-order valence-corrected chi connectivity index (χ2v) is 7.47. The van der Waals surface area contributed by atoms with Crippen molar-refractivity contribution in [3.63, 3.8) is 0 Å². The Morgan fingerprint density at radius 3 is 2.43 bits per heavy atom. The van der Waals surface area contributed by atoms with E-state index < -0.39 is 32.6 Å². The summed E-state index contributed by atoms with van der Waals surface area (Å²) in [4.78, 5) is 6.85. The van der Waals surface area contributed by atoms with Gasteiger partial charge < -0.3 is 5.32 Å². The molecule has 2 aromatic rings. The molecule has 1 aromatic carbocycles. The van der Waals surface area contributed by atoms with Gasteiger partial charge in [-0.3, -0.25) is 0 Å². The van der Waals surface area contributed by atoms with Crippen LogP contribution in [0.3, 0.4) is 0 Å². The maximum Gasteiger partial charge on any atom is 0.421 e. The van der Waals surface area contributed by atoms with Crippen LogP contribution in [0.25, 0.3) is 0 Å². The summed E-state index contributed by atoms with van der Waals surface area (Å²) in [7, 11) is -3.66. The van der Waals surface area contributed by atoms with Crippen molar-refractivity contribution in [2.45, 2.75) is 30.2 Å². The van der Waals surface area contributed by atoms with Crippen LogP contribution < -0.4 is 5.32 Å². The minimum atomic E-state index is -4.66. The summed E-state index contributed by atoms with van der Waals surface area (Å²) in [5.41, 5.74) is -1.04. The first kappa shape index (κ1) is 17.2. The van der Waals surface area contributed by atoms with Crippen LogP contribution in [0.15, 0.2) is 41.7 Å². The SMILES string of the molecule is CC(C)S(=O)(=O)c1ccccc1Nc1ncncc1C(F)(F)F. The van der Waals surface area contributed by atoms with Gasteiger partial charge in [-0.15, -0.1) is 0 Å². The van der Waals surface area contributed by atoms with Crippen molar-refractivity contribution < 1.29 is 21.6 Å². The van der Waals surface area contributed by atoms with Crippen molar-refractivity contribution in [2.75, 3.05) is 5.32 Å². The Morgan fingerprint density at radius 1 is 1.17 bits per heavy atom. The first-order valence-electron chi connectivity index (χ1n) is 6.61. The number of aromatic nitrogens is 2. The predicted molar refractivity (Wildman–Crippen MR) is 79.1 cm³/mol. The molecule has 0 amide bonds. The highest BCUT2D eigenvalue weighted by Crippen LogP contribution is 2.35. The normalized spacial score (nSPS) is 12.4. The molecule has 1 heterocycles. The van der Waals surface area contributed by atoms with E-state index in [-0.39, 0.29) is 10.6 Å². The first-order chi connectivity index (χ1) is 10.6. The third-order valence-corrected chi connectivity index (χ3v) is 5.30. The Morgan fingerprint density at radius 2 is 1.83 bits per heavy atom. The zero-order valence-corrected chi connectivity index (χ0v) is 13.1. The van der Waals surface area contributed by atoms with Gasteiger partial charge in [-0.25, -0.2) is 18.4 Å². The van der Waals surface area contributed by atoms with Crippen LogP contribution in [0.4, 0.5) is 24.7 Å². The van der Waals surface area contributed by atoms with E-state index in [2.05, 4.69) is 15.3 Å². The fourth-order valence-corrected chi connectivity index (χ4v) is 3.04. The zero-order valence-electron chi connectivity index (χ0n) is 12.3. The van der Waals surface area contributed by atoms with Crippen molar-refractivity contribution in [1.82, 2.24) is 9.97 Å². The summed E-state index contributed by atoms with van der Waals surface area (Å²) in [5.74, 6) is -0.501. The van der Waals surface area contributed by atoms with Gasteiger partial charge in [0, 0.05) is 6.20 Å². The fraction of sp³-hybridized carbons (Fsp3) is 0.286. The monoisotopic (exact) mass is 345 g/mol. The van der Waals surface area contributed by atoms with Gasteiger partial charge in [0.2, 0.25) is 0 Å². The van der Waals surface area contributed by atoms with Gasteiger partial charge in [-0.05, 0) is 26.0 Å². The largest absolute Gasteiger partial charge is 0.421 e. The molecule has 5 nitrogen and oxygen atoms in total. The number of anilines is 2. The molecule has 0 bridgehead atoms. The van der Waals surface area contributed by atoms with Crippen LogP contribution >= 0.6 is 0 Å². The first-order valence-corrected chi connectivity index (χ1v) is 8.16. The topological polar surface area (TPSA) is 72.0 Å². The third-order valence-electron chi connectivity index (χ3n) is 3.08. The Bertz CT molecular complexity index is 805. The predicted octanol–water partition coefficient (Wildman–Crippen LogP) is 3.42. The highest BCUT2D eigenvalue weighted by atomic mass is 32.2. The molecule has 9 heteroatoms. The number of sulfone groups is 1. The molecule has 1 aromatic heterocycles. The molecular weight excluding hydrogens is 331 g/mol. The lowest BCUT2D eigenvalue weighted by molar-refractivity contribution is -0.137. The van der Waals surface area contributed by atoms with E-state index in [1.54, 1.807) is 0 Å². The van der Waals surface area contributed by atoms with E-state index in [0.717, 1.165) is 6.33 Å². The molecule has 0 saturated heterocycles. The molecule has 0 aliphatic heterocycles. The van der Waals surface area contributed by atoms with Crippen LogP contribution in [0, 0.1) is 0 Å². The summed E-state index contributed by atoms with van der Waals surface area (Å²) < 4.78 is 63.6. The maximum absolute atomic E-state index is 13.0. The van der Waals surface area contributed by atoms with Gasteiger partial charge in [0.15, 0.2) is 9.84 Å². The lowest BCUT2D eigenvalue weighted by Gasteiger charge is -2.16. The molecule has 0 spiro atoms. The molecule has 0 fully saturated rings. The van der Waals surface area contributed by atoms with Gasteiger partial charge in [-0.2, -0.15) is 13.2 Å². The number of benzene rings is 1. The molecule has 0 aliphatic carbocycles. The Balaban J connectivity index is 2.52. The fourth-order valence-electron chi connectivity index (χ4n) is 1.84. The quantitative estimate of drug-likeness (QED) is 0.919. The molecule has 124 valence electrons. The molecule has 0 atom stereocenters. The number of nitrogens with one attached hydrogen (secondary N) is 1. The molecule has 2 rings (SSSR count). The van der Waals surface area contributed by atoms with Crippen LogP contribution in [-0.2, 0) is 16.0 Å². The van der Waals surface area contributed by atoms with Gasteiger partial charge >= 0.3 is 6.18 Å². The van der Waals surface area contributed by atoms with E-state index in [1.807, 2.05) is 0 Å². The minimum Gasteiger partial charge on any atom is -0.339 e. The van der Waals surface area contributed by atoms with Gasteiger partial charge in [-0.1, -0.05) is 12.1 Å². The van der Waals surface area contributed by atoms with Crippen LogP contribution in [0.5, 0.6) is 0 Å². The summed E-state index contributed by atoms with van der Waals surface area (Å²) in [6, 6.07) is 5.75. The molecular formula is C14H14F3N3O2S. The summed E-state index contributed by atoms with van der Waals surface area (Å²) in [6.07, 6.45) is -3.07. The van der Waals surface area contributed by atoms with E-state index in [4.69, 9.17) is 0 Å². The van der Waals surface area contributed by atoms with Crippen LogP contribution in [0.2, 0.25) is 0 Å². The third kappa shape index (κ3) is 3.61. The van der Waals surface area contributed by atoms with Crippen molar-refractivity contribution in [1.29, 1.82) is 0 Å². The number of nitrogens with zero attached hydrogens (tertiary/aromatic N) is 2. The number of alkyl halides is 3. The Hall–Kier alpha value is -2.16. The lowest BCUT2D eigenvalue weighted by atomic mass is 10.2. The van der Waals surface area contributed by atoms with E-state index in [9.17, 15) is 21.6 Å². The van der Waals surface area contributed by atoms with Crippen molar-refractivity contribution in [3.8, 4) is 0 Å². The second kappa shape index (κ2) is 6.15. The van der Waals surface area contributed by atoms with Crippen molar-refractivity contribution >= 4 is 21.3 Å². The smallest absolute Gasteiger partial charge is 0.339 e. The molecule has 23 heavy (non-hydrogen) atoms. The summed E-state index contributed by atoms with van der Waals surface area (Å²) in [5, 5.41) is 1.75. The molecule has 1 N–H and O–H groups in total. The van der Waals surface area contributed by atoms with E-state index >= 15 is 0 Å². The zero-order chi connectivity index (χ0) is 17.3. The standard InChI is InChI=1S/C14H14F3N3O2S/c1-9(2)23(21,22)12-6-4-3-5-11(12)20-13-10(14(15,16)17)7-18-8-19-13/h3-9H,1-2H3,(H,18,19,20). The molecule has 0 unspecified atom stereocenters.